The minimum Gasteiger partial charge on any atom is -0.435 e. The van der Waals surface area contributed by atoms with Crippen molar-refractivity contribution in [3.05, 3.63) is 29.8 Å². The number of aliphatic imine (C=N–C) groups is 1. The number of aliphatic hydroxyl groups excluding tert-OH is 1. The summed E-state index contributed by atoms with van der Waals surface area (Å²) in [6.45, 7) is 5.84. The van der Waals surface area contributed by atoms with Crippen molar-refractivity contribution in [3.63, 3.8) is 0 Å². The van der Waals surface area contributed by atoms with Gasteiger partial charge in [0.25, 0.3) is 0 Å². The van der Waals surface area contributed by atoms with Gasteiger partial charge in [-0.3, -0.25) is 4.99 Å². The molecule has 0 radical (unpaired) electrons. The molecular weight excluding hydrogens is 342 g/mol. The zero-order chi connectivity index (χ0) is 19.5. The molecule has 0 aliphatic heterocycles. The SMILES string of the molecule is CCNC(=NCC(O)c1ccc(OC(F)F)cc1)NCCN(C)C(C)C. The fourth-order valence-electron chi connectivity index (χ4n) is 2.11. The Morgan fingerprint density at radius 1 is 1.23 bits per heavy atom. The number of ether oxygens (including phenoxy) is 1. The summed E-state index contributed by atoms with van der Waals surface area (Å²) in [5, 5.41) is 16.6. The topological polar surface area (TPSA) is 69.1 Å². The molecule has 0 heterocycles. The maximum Gasteiger partial charge on any atom is 0.387 e. The van der Waals surface area contributed by atoms with Crippen LogP contribution in [0.2, 0.25) is 0 Å². The predicted molar refractivity (Wildman–Crippen MR) is 99.8 cm³/mol. The van der Waals surface area contributed by atoms with Crippen LogP contribution in [0.25, 0.3) is 0 Å². The number of hydrogen-bond acceptors (Lipinski definition) is 4. The van der Waals surface area contributed by atoms with Gasteiger partial charge in [-0.05, 0) is 45.5 Å². The summed E-state index contributed by atoms with van der Waals surface area (Å²) in [5.74, 6) is 0.685. The molecule has 1 unspecified atom stereocenters. The smallest absolute Gasteiger partial charge is 0.387 e. The number of halogens is 2. The zero-order valence-corrected chi connectivity index (χ0v) is 15.9. The molecular formula is C18H30F2N4O2. The minimum absolute atomic E-state index is 0.0590. The van der Waals surface area contributed by atoms with E-state index in [0.29, 0.717) is 24.1 Å². The molecule has 0 amide bonds. The lowest BCUT2D eigenvalue weighted by atomic mass is 10.1. The lowest BCUT2D eigenvalue weighted by Gasteiger charge is -2.21. The van der Waals surface area contributed by atoms with Gasteiger partial charge in [0.1, 0.15) is 5.75 Å². The van der Waals surface area contributed by atoms with Crippen LogP contribution in [0.5, 0.6) is 5.75 Å². The molecule has 1 aromatic rings. The van der Waals surface area contributed by atoms with Crippen molar-refractivity contribution in [1.29, 1.82) is 0 Å². The Bertz CT molecular complexity index is 538. The second-order valence-corrected chi connectivity index (χ2v) is 6.18. The van der Waals surface area contributed by atoms with E-state index in [-0.39, 0.29) is 12.3 Å². The third kappa shape index (κ3) is 8.44. The van der Waals surface area contributed by atoms with Crippen LogP contribution in [0.1, 0.15) is 32.4 Å². The maximum absolute atomic E-state index is 12.2. The Morgan fingerprint density at radius 2 is 1.88 bits per heavy atom. The quantitative estimate of drug-likeness (QED) is 0.434. The first kappa shape index (κ1) is 22.1. The highest BCUT2D eigenvalue weighted by Crippen LogP contribution is 2.19. The molecule has 1 atom stereocenters. The molecule has 0 saturated heterocycles. The van der Waals surface area contributed by atoms with E-state index < -0.39 is 12.7 Å². The number of nitrogens with one attached hydrogen (secondary N) is 2. The molecule has 1 rings (SSSR count). The van der Waals surface area contributed by atoms with Gasteiger partial charge in [-0.2, -0.15) is 8.78 Å². The molecule has 0 aliphatic carbocycles. The van der Waals surface area contributed by atoms with Crippen LogP contribution in [-0.4, -0.2) is 61.8 Å². The molecule has 0 saturated carbocycles. The number of guanidine groups is 1. The van der Waals surface area contributed by atoms with Crippen molar-refractivity contribution >= 4 is 5.96 Å². The summed E-state index contributed by atoms with van der Waals surface area (Å²) >= 11 is 0. The minimum atomic E-state index is -2.86. The normalized spacial score (nSPS) is 13.4. The van der Waals surface area contributed by atoms with E-state index in [2.05, 4.69) is 46.2 Å². The van der Waals surface area contributed by atoms with Gasteiger partial charge in [0.2, 0.25) is 0 Å². The summed E-state index contributed by atoms with van der Waals surface area (Å²) in [6, 6.07) is 6.38. The molecule has 0 aromatic heterocycles. The van der Waals surface area contributed by atoms with Crippen LogP contribution in [0, 0.1) is 0 Å². The highest BCUT2D eigenvalue weighted by molar-refractivity contribution is 5.79. The fraction of sp³-hybridized carbons (Fsp3) is 0.611. The largest absolute Gasteiger partial charge is 0.435 e. The summed E-state index contributed by atoms with van der Waals surface area (Å²) in [7, 11) is 2.06. The third-order valence-corrected chi connectivity index (χ3v) is 3.90. The standard InChI is InChI=1S/C18H30F2N4O2/c1-5-21-18(22-10-11-24(4)13(2)3)23-12-16(25)14-6-8-15(9-7-14)26-17(19)20/h6-9,13,16-17,25H,5,10-12H2,1-4H3,(H2,21,22,23). The first-order chi connectivity index (χ1) is 12.3. The van der Waals surface area contributed by atoms with Crippen LogP contribution in [0.4, 0.5) is 8.78 Å². The average Bonchev–Trinajstić information content (AvgIpc) is 2.59. The molecule has 0 aliphatic rings. The van der Waals surface area contributed by atoms with Gasteiger partial charge < -0.3 is 25.4 Å². The number of benzene rings is 1. The van der Waals surface area contributed by atoms with Crippen LogP contribution in [0.3, 0.4) is 0 Å². The first-order valence-electron chi connectivity index (χ1n) is 8.78. The van der Waals surface area contributed by atoms with Gasteiger partial charge >= 0.3 is 6.61 Å². The van der Waals surface area contributed by atoms with E-state index in [1.54, 1.807) is 12.1 Å². The molecule has 6 nitrogen and oxygen atoms in total. The maximum atomic E-state index is 12.2. The van der Waals surface area contributed by atoms with Crippen molar-refractivity contribution in [2.24, 2.45) is 4.99 Å². The Labute approximate surface area is 154 Å². The van der Waals surface area contributed by atoms with Gasteiger partial charge in [-0.15, -0.1) is 0 Å². The van der Waals surface area contributed by atoms with E-state index in [0.717, 1.165) is 13.1 Å². The average molecular weight is 372 g/mol. The van der Waals surface area contributed by atoms with E-state index in [1.165, 1.54) is 12.1 Å². The van der Waals surface area contributed by atoms with Gasteiger partial charge in [-0.25, -0.2) is 0 Å². The van der Waals surface area contributed by atoms with Crippen LogP contribution in [-0.2, 0) is 0 Å². The number of aliphatic hydroxyl groups is 1. The van der Waals surface area contributed by atoms with E-state index >= 15 is 0 Å². The zero-order valence-electron chi connectivity index (χ0n) is 15.9. The Balaban J connectivity index is 2.56. The molecule has 0 spiro atoms. The Morgan fingerprint density at radius 3 is 2.42 bits per heavy atom. The third-order valence-electron chi connectivity index (χ3n) is 3.90. The van der Waals surface area contributed by atoms with Gasteiger partial charge in [0.15, 0.2) is 5.96 Å². The van der Waals surface area contributed by atoms with Gasteiger partial charge in [0, 0.05) is 25.7 Å². The summed E-state index contributed by atoms with van der Waals surface area (Å²) in [4.78, 5) is 6.59. The second kappa shape index (κ2) is 11.6. The lowest BCUT2D eigenvalue weighted by Crippen LogP contribution is -2.42. The highest BCUT2D eigenvalue weighted by atomic mass is 19.3. The van der Waals surface area contributed by atoms with E-state index in [4.69, 9.17) is 0 Å². The molecule has 0 fully saturated rings. The highest BCUT2D eigenvalue weighted by Gasteiger charge is 2.10. The van der Waals surface area contributed by atoms with Gasteiger partial charge in [0.05, 0.1) is 12.6 Å². The predicted octanol–water partition coefficient (Wildman–Crippen LogP) is 2.22. The molecule has 0 bridgehead atoms. The van der Waals surface area contributed by atoms with Crippen molar-refractivity contribution in [2.75, 3.05) is 33.2 Å². The summed E-state index contributed by atoms with van der Waals surface area (Å²) in [5.41, 5.74) is 0.589. The van der Waals surface area contributed by atoms with Crippen LogP contribution >= 0.6 is 0 Å². The molecule has 3 N–H and O–H groups in total. The van der Waals surface area contributed by atoms with Crippen molar-refractivity contribution < 1.29 is 18.6 Å². The molecule has 148 valence electrons. The Kier molecular flexibility index (Phi) is 9.90. The summed E-state index contributed by atoms with van der Waals surface area (Å²) < 4.78 is 28.6. The number of hydrogen-bond donors (Lipinski definition) is 3. The summed E-state index contributed by atoms with van der Waals surface area (Å²) in [6.07, 6.45) is -0.829. The monoisotopic (exact) mass is 372 g/mol. The van der Waals surface area contributed by atoms with E-state index in [1.807, 2.05) is 6.92 Å². The molecule has 26 heavy (non-hydrogen) atoms. The van der Waals surface area contributed by atoms with Crippen molar-refractivity contribution in [1.82, 2.24) is 15.5 Å². The van der Waals surface area contributed by atoms with E-state index in [9.17, 15) is 13.9 Å². The molecule has 8 heteroatoms. The van der Waals surface area contributed by atoms with Crippen LogP contribution in [0.15, 0.2) is 29.3 Å². The number of rotatable bonds is 10. The van der Waals surface area contributed by atoms with Crippen LogP contribution < -0.4 is 15.4 Å². The van der Waals surface area contributed by atoms with Crippen molar-refractivity contribution in [3.8, 4) is 5.75 Å². The fourth-order valence-corrected chi connectivity index (χ4v) is 2.11. The number of likely N-dealkylation sites (N-methyl/N-ethyl adjacent to an activating group) is 1. The lowest BCUT2D eigenvalue weighted by molar-refractivity contribution is -0.0498. The number of nitrogens with zero attached hydrogens (tertiary/aromatic N) is 2. The first-order valence-corrected chi connectivity index (χ1v) is 8.78. The molecule has 1 aromatic carbocycles. The second-order valence-electron chi connectivity index (χ2n) is 6.18. The Hall–Kier alpha value is -1.93. The number of alkyl halides is 2. The van der Waals surface area contributed by atoms with Crippen molar-refractivity contribution in [2.45, 2.75) is 39.5 Å². The van der Waals surface area contributed by atoms with Gasteiger partial charge in [-0.1, -0.05) is 12.1 Å².